The van der Waals surface area contributed by atoms with Gasteiger partial charge in [0, 0.05) is 18.2 Å². The molecule has 0 bridgehead atoms. The lowest BCUT2D eigenvalue weighted by atomic mass is 10.1. The molecule has 1 aromatic rings. The second-order valence-corrected chi connectivity index (χ2v) is 5.88. The van der Waals surface area contributed by atoms with Gasteiger partial charge in [-0.3, -0.25) is 10.1 Å². The van der Waals surface area contributed by atoms with Gasteiger partial charge in [-0.15, -0.1) is 0 Å². The van der Waals surface area contributed by atoms with Crippen molar-refractivity contribution >= 4 is 15.7 Å². The Balaban J connectivity index is 2.87. The van der Waals surface area contributed by atoms with Gasteiger partial charge in [-0.25, -0.2) is 13.1 Å². The topological polar surface area (TPSA) is 89.3 Å². The van der Waals surface area contributed by atoms with Gasteiger partial charge in [-0.2, -0.15) is 0 Å². The van der Waals surface area contributed by atoms with Crippen molar-refractivity contribution in [2.75, 3.05) is 5.75 Å². The van der Waals surface area contributed by atoms with Crippen LogP contribution in [0.25, 0.3) is 0 Å². The minimum atomic E-state index is -3.30. The van der Waals surface area contributed by atoms with Crippen molar-refractivity contribution in [1.29, 1.82) is 0 Å². The molecule has 18 heavy (non-hydrogen) atoms. The molecule has 100 valence electrons. The van der Waals surface area contributed by atoms with Crippen molar-refractivity contribution in [1.82, 2.24) is 4.72 Å². The van der Waals surface area contributed by atoms with E-state index in [0.29, 0.717) is 17.5 Å². The fourth-order valence-corrected chi connectivity index (χ4v) is 2.65. The number of sulfonamides is 1. The van der Waals surface area contributed by atoms with E-state index in [-0.39, 0.29) is 18.0 Å². The van der Waals surface area contributed by atoms with Crippen LogP contribution in [0.1, 0.15) is 24.5 Å². The third-order valence-electron chi connectivity index (χ3n) is 2.57. The molecule has 0 aliphatic carbocycles. The highest BCUT2D eigenvalue weighted by Crippen LogP contribution is 2.20. The summed E-state index contributed by atoms with van der Waals surface area (Å²) in [5.41, 5.74) is 1.10. The molecule has 1 rings (SSSR count). The van der Waals surface area contributed by atoms with E-state index in [4.69, 9.17) is 0 Å². The molecule has 7 heteroatoms. The van der Waals surface area contributed by atoms with Crippen molar-refractivity contribution in [2.45, 2.75) is 26.8 Å². The Bertz CT molecular complexity index is 540. The van der Waals surface area contributed by atoms with Crippen LogP contribution in [0.3, 0.4) is 0 Å². The van der Waals surface area contributed by atoms with E-state index < -0.39 is 14.9 Å². The maximum atomic E-state index is 11.5. The molecule has 0 aliphatic rings. The van der Waals surface area contributed by atoms with Crippen LogP contribution >= 0.6 is 0 Å². The molecule has 0 atom stereocenters. The average molecular weight is 272 g/mol. The van der Waals surface area contributed by atoms with Crippen LogP contribution in [-0.4, -0.2) is 19.1 Å². The van der Waals surface area contributed by atoms with Crippen LogP contribution in [-0.2, 0) is 16.6 Å². The number of nitrogens with one attached hydrogen (secondary N) is 1. The smallest absolute Gasteiger partial charge is 0.258 e. The summed E-state index contributed by atoms with van der Waals surface area (Å²) >= 11 is 0. The first kappa shape index (κ1) is 14.6. The quantitative estimate of drug-likeness (QED) is 0.631. The van der Waals surface area contributed by atoms with E-state index in [1.54, 1.807) is 26.0 Å². The van der Waals surface area contributed by atoms with Crippen LogP contribution in [0.15, 0.2) is 18.2 Å². The lowest BCUT2D eigenvalue weighted by molar-refractivity contribution is -0.385. The first-order valence-corrected chi connectivity index (χ1v) is 7.23. The van der Waals surface area contributed by atoms with Gasteiger partial charge in [0.15, 0.2) is 0 Å². The zero-order valence-corrected chi connectivity index (χ0v) is 11.2. The Morgan fingerprint density at radius 3 is 2.61 bits per heavy atom. The predicted molar refractivity (Wildman–Crippen MR) is 68.8 cm³/mol. The largest absolute Gasteiger partial charge is 0.272 e. The van der Waals surface area contributed by atoms with E-state index >= 15 is 0 Å². The lowest BCUT2D eigenvalue weighted by Crippen LogP contribution is -2.26. The maximum absolute atomic E-state index is 11.5. The monoisotopic (exact) mass is 272 g/mol. The van der Waals surface area contributed by atoms with Gasteiger partial charge in [0.25, 0.3) is 5.69 Å². The van der Waals surface area contributed by atoms with E-state index in [1.807, 2.05) is 0 Å². The number of nitro groups is 1. The third-order valence-corrected chi connectivity index (χ3v) is 4.10. The summed E-state index contributed by atoms with van der Waals surface area (Å²) in [5, 5.41) is 10.7. The molecule has 0 unspecified atom stereocenters. The normalized spacial score (nSPS) is 11.4. The van der Waals surface area contributed by atoms with Crippen LogP contribution in [0.2, 0.25) is 0 Å². The number of nitrogens with zero attached hydrogens (tertiary/aromatic N) is 1. The molecule has 1 N–H and O–H groups in total. The van der Waals surface area contributed by atoms with Crippen LogP contribution in [0, 0.1) is 17.0 Å². The molecule has 0 amide bonds. The lowest BCUT2D eigenvalue weighted by Gasteiger charge is -2.08. The molecule has 0 saturated carbocycles. The minimum absolute atomic E-state index is 0.00203. The van der Waals surface area contributed by atoms with Gasteiger partial charge in [-0.1, -0.05) is 19.1 Å². The molecule has 1 aromatic carbocycles. The first-order valence-electron chi connectivity index (χ1n) is 5.57. The van der Waals surface area contributed by atoms with Crippen molar-refractivity contribution in [3.8, 4) is 0 Å². The molecule has 0 fully saturated rings. The van der Waals surface area contributed by atoms with Gasteiger partial charge < -0.3 is 0 Å². The van der Waals surface area contributed by atoms with Gasteiger partial charge in [-0.05, 0) is 18.9 Å². The van der Waals surface area contributed by atoms with E-state index in [2.05, 4.69) is 4.72 Å². The fraction of sp³-hybridized carbons (Fsp3) is 0.455. The zero-order valence-electron chi connectivity index (χ0n) is 10.3. The van der Waals surface area contributed by atoms with Crippen molar-refractivity contribution in [3.05, 3.63) is 39.4 Å². The standard InChI is InChI=1S/C11H16N2O4S/c1-3-7-18(16,17)12-8-10-5-4-6-11(9(10)2)13(14)15/h4-6,12H,3,7-8H2,1-2H3. The SMILES string of the molecule is CCCS(=O)(=O)NCc1cccc([N+](=O)[O-])c1C. The number of hydrogen-bond donors (Lipinski definition) is 1. The molecule has 0 radical (unpaired) electrons. The third kappa shape index (κ3) is 3.78. The molecule has 0 spiro atoms. The molecular weight excluding hydrogens is 256 g/mol. The summed E-state index contributed by atoms with van der Waals surface area (Å²) < 4.78 is 25.4. The van der Waals surface area contributed by atoms with Gasteiger partial charge in [0.05, 0.1) is 10.7 Å². The molecule has 0 heterocycles. The molecular formula is C11H16N2O4S. The number of benzene rings is 1. The molecule has 0 saturated heterocycles. The first-order chi connectivity index (χ1) is 8.37. The van der Waals surface area contributed by atoms with Gasteiger partial charge in [0.2, 0.25) is 10.0 Å². The van der Waals surface area contributed by atoms with Gasteiger partial charge in [0.1, 0.15) is 0 Å². The minimum Gasteiger partial charge on any atom is -0.258 e. The molecule has 0 aliphatic heterocycles. The summed E-state index contributed by atoms with van der Waals surface area (Å²) in [6, 6.07) is 4.63. The van der Waals surface area contributed by atoms with Gasteiger partial charge >= 0.3 is 0 Å². The number of nitro benzene ring substituents is 1. The second kappa shape index (κ2) is 5.92. The fourth-order valence-electron chi connectivity index (χ4n) is 1.59. The number of rotatable bonds is 6. The second-order valence-electron chi connectivity index (χ2n) is 3.96. The summed E-state index contributed by atoms with van der Waals surface area (Å²) in [4.78, 5) is 10.3. The van der Waals surface area contributed by atoms with Crippen molar-refractivity contribution < 1.29 is 13.3 Å². The Morgan fingerprint density at radius 2 is 2.06 bits per heavy atom. The Morgan fingerprint density at radius 1 is 1.39 bits per heavy atom. The average Bonchev–Trinajstić information content (AvgIpc) is 2.27. The van der Waals surface area contributed by atoms with Crippen LogP contribution in [0.5, 0.6) is 0 Å². The highest BCUT2D eigenvalue weighted by Gasteiger charge is 2.15. The molecule has 0 aromatic heterocycles. The van der Waals surface area contributed by atoms with Crippen molar-refractivity contribution in [2.24, 2.45) is 0 Å². The summed E-state index contributed by atoms with van der Waals surface area (Å²) in [5.74, 6) is 0.0565. The highest BCUT2D eigenvalue weighted by molar-refractivity contribution is 7.89. The maximum Gasteiger partial charge on any atom is 0.272 e. The predicted octanol–water partition coefficient (Wildman–Crippen LogP) is 1.73. The Labute approximate surface area is 106 Å². The van der Waals surface area contributed by atoms with E-state index in [9.17, 15) is 18.5 Å². The van der Waals surface area contributed by atoms with E-state index in [1.165, 1.54) is 6.07 Å². The Kier molecular flexibility index (Phi) is 4.80. The molecule has 6 nitrogen and oxygen atoms in total. The van der Waals surface area contributed by atoms with Crippen LogP contribution < -0.4 is 4.72 Å². The van der Waals surface area contributed by atoms with Crippen LogP contribution in [0.4, 0.5) is 5.69 Å². The Hall–Kier alpha value is -1.47. The summed E-state index contributed by atoms with van der Waals surface area (Å²) in [7, 11) is -3.30. The number of hydrogen-bond acceptors (Lipinski definition) is 4. The zero-order chi connectivity index (χ0) is 13.8. The summed E-state index contributed by atoms with van der Waals surface area (Å²) in [6.07, 6.45) is 0.531. The van der Waals surface area contributed by atoms with E-state index in [0.717, 1.165) is 0 Å². The van der Waals surface area contributed by atoms with Crippen molar-refractivity contribution in [3.63, 3.8) is 0 Å². The summed E-state index contributed by atoms with van der Waals surface area (Å²) in [6.45, 7) is 3.47. The highest BCUT2D eigenvalue weighted by atomic mass is 32.2.